The van der Waals surface area contributed by atoms with Crippen LogP contribution in [0.5, 0.6) is 0 Å². The topological polar surface area (TPSA) is 43.1 Å². The van der Waals surface area contributed by atoms with Gasteiger partial charge in [0.2, 0.25) is 0 Å². The standard InChI is InChI=1S/C11H21NO.ClH/c1-2-3-9-4-6-10(7-5-9)11(13)8-12;/h9-10H,2-8,12H2,1H3;1H. The van der Waals surface area contributed by atoms with E-state index in [1.165, 1.54) is 25.7 Å². The highest BCUT2D eigenvalue weighted by Crippen LogP contribution is 2.31. The summed E-state index contributed by atoms with van der Waals surface area (Å²) in [5.41, 5.74) is 5.35. The van der Waals surface area contributed by atoms with Gasteiger partial charge in [0.05, 0.1) is 6.54 Å². The third-order valence-corrected chi connectivity index (χ3v) is 3.20. The van der Waals surface area contributed by atoms with Crippen LogP contribution in [-0.2, 0) is 4.79 Å². The number of rotatable bonds is 4. The third kappa shape index (κ3) is 3.97. The lowest BCUT2D eigenvalue weighted by Gasteiger charge is -2.27. The summed E-state index contributed by atoms with van der Waals surface area (Å²) in [6, 6.07) is 0. The molecule has 2 nitrogen and oxygen atoms in total. The molecule has 1 aliphatic rings. The van der Waals surface area contributed by atoms with Gasteiger partial charge in [-0.2, -0.15) is 0 Å². The number of hydrogen-bond donors (Lipinski definition) is 1. The van der Waals surface area contributed by atoms with Crippen molar-refractivity contribution in [1.29, 1.82) is 0 Å². The number of halogens is 1. The highest BCUT2D eigenvalue weighted by molar-refractivity contribution is 5.85. The minimum Gasteiger partial charge on any atom is -0.324 e. The Morgan fingerprint density at radius 2 is 1.86 bits per heavy atom. The van der Waals surface area contributed by atoms with Gasteiger partial charge in [-0.3, -0.25) is 4.79 Å². The molecule has 0 aromatic carbocycles. The minimum atomic E-state index is 0. The molecular formula is C11H22ClNO. The van der Waals surface area contributed by atoms with Crippen LogP contribution < -0.4 is 5.73 Å². The Bertz CT molecular complexity index is 165. The molecule has 0 saturated heterocycles. The van der Waals surface area contributed by atoms with E-state index in [1.54, 1.807) is 0 Å². The molecule has 0 aromatic heterocycles. The Labute approximate surface area is 93.0 Å². The van der Waals surface area contributed by atoms with Crippen LogP contribution in [0.4, 0.5) is 0 Å². The van der Waals surface area contributed by atoms with E-state index in [-0.39, 0.29) is 30.7 Å². The van der Waals surface area contributed by atoms with Gasteiger partial charge < -0.3 is 5.73 Å². The maximum Gasteiger partial charge on any atom is 0.149 e. The number of carbonyl (C=O) groups excluding carboxylic acids is 1. The smallest absolute Gasteiger partial charge is 0.149 e. The molecule has 0 heterocycles. The summed E-state index contributed by atoms with van der Waals surface area (Å²) in [6.07, 6.45) is 7.26. The lowest BCUT2D eigenvalue weighted by Crippen LogP contribution is -2.27. The fourth-order valence-corrected chi connectivity index (χ4v) is 2.35. The summed E-state index contributed by atoms with van der Waals surface area (Å²) < 4.78 is 0. The third-order valence-electron chi connectivity index (χ3n) is 3.20. The van der Waals surface area contributed by atoms with Gasteiger partial charge >= 0.3 is 0 Å². The minimum absolute atomic E-state index is 0. The number of nitrogens with two attached hydrogens (primary N) is 1. The fraction of sp³-hybridized carbons (Fsp3) is 0.909. The van der Waals surface area contributed by atoms with Gasteiger partial charge in [0.1, 0.15) is 5.78 Å². The molecule has 0 amide bonds. The first-order valence-corrected chi connectivity index (χ1v) is 5.50. The quantitative estimate of drug-likeness (QED) is 0.790. The van der Waals surface area contributed by atoms with Crippen molar-refractivity contribution in [3.63, 3.8) is 0 Å². The predicted octanol–water partition coefficient (Wildman–Crippen LogP) is 2.54. The van der Waals surface area contributed by atoms with Crippen molar-refractivity contribution in [2.24, 2.45) is 17.6 Å². The first-order chi connectivity index (χ1) is 6.27. The molecule has 0 radical (unpaired) electrons. The normalized spacial score (nSPS) is 26.7. The van der Waals surface area contributed by atoms with Crippen LogP contribution >= 0.6 is 12.4 Å². The molecule has 3 heteroatoms. The zero-order chi connectivity index (χ0) is 9.68. The summed E-state index contributed by atoms with van der Waals surface area (Å²) in [6.45, 7) is 2.47. The second-order valence-corrected chi connectivity index (χ2v) is 4.18. The van der Waals surface area contributed by atoms with Gasteiger partial charge in [0.25, 0.3) is 0 Å². The Kier molecular flexibility index (Phi) is 7.20. The average Bonchev–Trinajstić information content (AvgIpc) is 2.18. The van der Waals surface area contributed by atoms with Crippen molar-refractivity contribution in [3.8, 4) is 0 Å². The molecule has 0 atom stereocenters. The predicted molar refractivity (Wildman–Crippen MR) is 61.7 cm³/mol. The molecule has 0 unspecified atom stereocenters. The number of hydrogen-bond acceptors (Lipinski definition) is 2. The van der Waals surface area contributed by atoms with E-state index in [0.29, 0.717) is 0 Å². The van der Waals surface area contributed by atoms with Crippen LogP contribution in [0.2, 0.25) is 0 Å². The average molecular weight is 220 g/mol. The van der Waals surface area contributed by atoms with Crippen molar-refractivity contribution in [2.75, 3.05) is 6.54 Å². The van der Waals surface area contributed by atoms with Gasteiger partial charge in [-0.1, -0.05) is 19.8 Å². The van der Waals surface area contributed by atoms with Gasteiger partial charge in [-0.15, -0.1) is 12.4 Å². The molecule has 1 aliphatic carbocycles. The Morgan fingerprint density at radius 3 is 2.29 bits per heavy atom. The van der Waals surface area contributed by atoms with Gasteiger partial charge in [-0.05, 0) is 31.6 Å². The number of carbonyl (C=O) groups is 1. The first-order valence-electron chi connectivity index (χ1n) is 5.50. The van der Waals surface area contributed by atoms with Gasteiger partial charge in [-0.25, -0.2) is 0 Å². The zero-order valence-corrected chi connectivity index (χ0v) is 9.81. The van der Waals surface area contributed by atoms with Crippen molar-refractivity contribution in [3.05, 3.63) is 0 Å². The second kappa shape index (κ2) is 7.24. The van der Waals surface area contributed by atoms with E-state index in [2.05, 4.69) is 6.92 Å². The van der Waals surface area contributed by atoms with Crippen molar-refractivity contribution in [2.45, 2.75) is 45.4 Å². The van der Waals surface area contributed by atoms with E-state index < -0.39 is 0 Å². The highest BCUT2D eigenvalue weighted by atomic mass is 35.5. The van der Waals surface area contributed by atoms with Crippen LogP contribution in [-0.4, -0.2) is 12.3 Å². The van der Waals surface area contributed by atoms with E-state index in [4.69, 9.17) is 5.73 Å². The maximum absolute atomic E-state index is 11.3. The van der Waals surface area contributed by atoms with Crippen molar-refractivity contribution < 1.29 is 4.79 Å². The van der Waals surface area contributed by atoms with Crippen molar-refractivity contribution >= 4 is 18.2 Å². The molecule has 0 spiro atoms. The highest BCUT2D eigenvalue weighted by Gasteiger charge is 2.24. The Balaban J connectivity index is 0.00000169. The first kappa shape index (κ1) is 13.9. The molecule has 14 heavy (non-hydrogen) atoms. The lowest BCUT2D eigenvalue weighted by atomic mass is 9.78. The molecular weight excluding hydrogens is 198 g/mol. The summed E-state index contributed by atoms with van der Waals surface area (Å²) in [5, 5.41) is 0. The number of Topliss-reactive ketones (excluding diaryl/α,β-unsaturated/α-hetero) is 1. The molecule has 84 valence electrons. The van der Waals surface area contributed by atoms with Crippen LogP contribution in [0.25, 0.3) is 0 Å². The molecule has 2 N–H and O–H groups in total. The summed E-state index contributed by atoms with van der Waals surface area (Å²) in [7, 11) is 0. The monoisotopic (exact) mass is 219 g/mol. The van der Waals surface area contributed by atoms with E-state index in [0.717, 1.165) is 18.8 Å². The van der Waals surface area contributed by atoms with E-state index in [9.17, 15) is 4.79 Å². The summed E-state index contributed by atoms with van der Waals surface area (Å²) in [5.74, 6) is 1.44. The summed E-state index contributed by atoms with van der Waals surface area (Å²) >= 11 is 0. The van der Waals surface area contributed by atoms with Crippen molar-refractivity contribution in [1.82, 2.24) is 0 Å². The molecule has 1 fully saturated rings. The SMILES string of the molecule is CCCC1CCC(C(=O)CN)CC1.Cl. The number of ketones is 1. The maximum atomic E-state index is 11.3. The van der Waals surface area contributed by atoms with Crippen LogP contribution in [0.15, 0.2) is 0 Å². The Hall–Kier alpha value is -0.0800. The molecule has 0 aliphatic heterocycles. The van der Waals surface area contributed by atoms with E-state index >= 15 is 0 Å². The Morgan fingerprint density at radius 1 is 1.29 bits per heavy atom. The molecule has 0 bridgehead atoms. The molecule has 1 saturated carbocycles. The van der Waals surface area contributed by atoms with Crippen LogP contribution in [0, 0.1) is 11.8 Å². The molecule has 1 rings (SSSR count). The fourth-order valence-electron chi connectivity index (χ4n) is 2.35. The lowest BCUT2D eigenvalue weighted by molar-refractivity contribution is -0.122. The zero-order valence-electron chi connectivity index (χ0n) is 9.00. The van der Waals surface area contributed by atoms with E-state index in [1.807, 2.05) is 0 Å². The largest absolute Gasteiger partial charge is 0.324 e. The van der Waals surface area contributed by atoms with Crippen LogP contribution in [0.1, 0.15) is 45.4 Å². The van der Waals surface area contributed by atoms with Gasteiger partial charge in [0.15, 0.2) is 0 Å². The summed E-state index contributed by atoms with van der Waals surface area (Å²) in [4.78, 5) is 11.3. The van der Waals surface area contributed by atoms with Gasteiger partial charge in [0, 0.05) is 5.92 Å². The van der Waals surface area contributed by atoms with Crippen LogP contribution in [0.3, 0.4) is 0 Å². The second-order valence-electron chi connectivity index (χ2n) is 4.18. The molecule has 0 aromatic rings.